The Hall–Kier alpha value is -0.410. The van der Waals surface area contributed by atoms with E-state index in [9.17, 15) is 4.39 Å². The van der Waals surface area contributed by atoms with E-state index in [-0.39, 0.29) is 5.82 Å². The van der Waals surface area contributed by atoms with Crippen molar-refractivity contribution in [3.8, 4) is 0 Å². The van der Waals surface area contributed by atoms with Gasteiger partial charge in [0, 0.05) is 17.1 Å². The van der Waals surface area contributed by atoms with Gasteiger partial charge in [0.25, 0.3) is 0 Å². The van der Waals surface area contributed by atoms with Gasteiger partial charge in [0.2, 0.25) is 0 Å². The summed E-state index contributed by atoms with van der Waals surface area (Å²) in [5.41, 5.74) is 0.968. The highest BCUT2D eigenvalue weighted by atomic mass is 79.9. The van der Waals surface area contributed by atoms with Crippen LogP contribution in [0.1, 0.15) is 32.8 Å². The standard InChI is InChI=1S/C13H19BrFN/c1-4-9(2)10(3)16-8-11-7-12(15)5-6-13(11)14/h5-7,9-10,16H,4,8H2,1-3H3. The van der Waals surface area contributed by atoms with Crippen molar-refractivity contribution in [2.24, 2.45) is 5.92 Å². The minimum atomic E-state index is -0.184. The van der Waals surface area contributed by atoms with Gasteiger partial charge in [0.05, 0.1) is 0 Å². The minimum Gasteiger partial charge on any atom is -0.310 e. The molecule has 0 bridgehead atoms. The van der Waals surface area contributed by atoms with Crippen LogP contribution in [0.2, 0.25) is 0 Å². The van der Waals surface area contributed by atoms with E-state index in [2.05, 4.69) is 42.0 Å². The van der Waals surface area contributed by atoms with Crippen molar-refractivity contribution in [2.45, 2.75) is 39.8 Å². The lowest BCUT2D eigenvalue weighted by Gasteiger charge is -2.20. The lowest BCUT2D eigenvalue weighted by Crippen LogP contribution is -2.31. The van der Waals surface area contributed by atoms with Gasteiger partial charge in [0.15, 0.2) is 0 Å². The van der Waals surface area contributed by atoms with Gasteiger partial charge in [-0.15, -0.1) is 0 Å². The van der Waals surface area contributed by atoms with Gasteiger partial charge in [-0.2, -0.15) is 0 Å². The van der Waals surface area contributed by atoms with E-state index in [1.165, 1.54) is 6.07 Å². The zero-order valence-electron chi connectivity index (χ0n) is 10.1. The summed E-state index contributed by atoms with van der Waals surface area (Å²) in [6.07, 6.45) is 1.15. The van der Waals surface area contributed by atoms with Gasteiger partial charge in [-0.3, -0.25) is 0 Å². The Bertz CT molecular complexity index is 341. The molecule has 0 radical (unpaired) electrons. The molecule has 1 aromatic rings. The number of halogens is 2. The van der Waals surface area contributed by atoms with E-state index in [1.807, 2.05) is 0 Å². The van der Waals surface area contributed by atoms with E-state index in [4.69, 9.17) is 0 Å². The molecule has 1 aromatic carbocycles. The summed E-state index contributed by atoms with van der Waals surface area (Å²) in [7, 11) is 0. The normalized spacial score (nSPS) is 14.8. The van der Waals surface area contributed by atoms with Crippen molar-refractivity contribution in [1.29, 1.82) is 0 Å². The predicted octanol–water partition coefficient (Wildman–Crippen LogP) is 4.11. The van der Waals surface area contributed by atoms with Gasteiger partial charge < -0.3 is 5.32 Å². The second-order valence-electron chi connectivity index (χ2n) is 4.29. The monoisotopic (exact) mass is 287 g/mol. The SMILES string of the molecule is CCC(C)C(C)NCc1cc(F)ccc1Br. The van der Waals surface area contributed by atoms with Gasteiger partial charge in [-0.1, -0.05) is 36.2 Å². The fourth-order valence-electron chi connectivity index (χ4n) is 1.50. The molecule has 0 heterocycles. The van der Waals surface area contributed by atoms with Crippen LogP contribution in [-0.4, -0.2) is 6.04 Å². The Morgan fingerprint density at radius 3 is 2.69 bits per heavy atom. The Labute approximate surface area is 106 Å². The number of rotatable bonds is 5. The molecule has 16 heavy (non-hydrogen) atoms. The van der Waals surface area contributed by atoms with Crippen LogP contribution in [0.5, 0.6) is 0 Å². The molecule has 0 aliphatic rings. The van der Waals surface area contributed by atoms with Crippen LogP contribution in [-0.2, 0) is 6.54 Å². The fourth-order valence-corrected chi connectivity index (χ4v) is 1.89. The maximum Gasteiger partial charge on any atom is 0.123 e. The van der Waals surface area contributed by atoms with E-state index >= 15 is 0 Å². The second-order valence-corrected chi connectivity index (χ2v) is 5.15. The van der Waals surface area contributed by atoms with E-state index in [0.717, 1.165) is 16.5 Å². The minimum absolute atomic E-state index is 0.184. The van der Waals surface area contributed by atoms with Crippen LogP contribution >= 0.6 is 15.9 Å². The number of hydrogen-bond acceptors (Lipinski definition) is 1. The summed E-state index contributed by atoms with van der Waals surface area (Å²) in [6.45, 7) is 7.27. The third-order valence-electron chi connectivity index (χ3n) is 3.12. The summed E-state index contributed by atoms with van der Waals surface area (Å²) >= 11 is 3.43. The van der Waals surface area contributed by atoms with Crippen LogP contribution in [0.15, 0.2) is 22.7 Å². The summed E-state index contributed by atoms with van der Waals surface area (Å²) in [4.78, 5) is 0. The highest BCUT2D eigenvalue weighted by Crippen LogP contribution is 2.18. The molecule has 0 saturated heterocycles. The third-order valence-corrected chi connectivity index (χ3v) is 3.89. The Balaban J connectivity index is 2.57. The van der Waals surface area contributed by atoms with Crippen LogP contribution in [0, 0.1) is 11.7 Å². The smallest absolute Gasteiger partial charge is 0.123 e. The van der Waals surface area contributed by atoms with Crippen molar-refractivity contribution >= 4 is 15.9 Å². The lowest BCUT2D eigenvalue weighted by molar-refractivity contribution is 0.389. The first kappa shape index (κ1) is 13.7. The van der Waals surface area contributed by atoms with Crippen LogP contribution in [0.4, 0.5) is 4.39 Å². The van der Waals surface area contributed by atoms with Crippen LogP contribution in [0.25, 0.3) is 0 Å². The molecule has 0 amide bonds. The largest absolute Gasteiger partial charge is 0.310 e. The molecule has 1 nitrogen and oxygen atoms in total. The molecule has 90 valence electrons. The van der Waals surface area contributed by atoms with Crippen molar-refractivity contribution in [1.82, 2.24) is 5.32 Å². The van der Waals surface area contributed by atoms with Crippen LogP contribution < -0.4 is 5.32 Å². The molecule has 0 saturated carbocycles. The molecule has 3 heteroatoms. The molecular weight excluding hydrogens is 269 g/mol. The molecule has 1 rings (SSSR count). The van der Waals surface area contributed by atoms with Gasteiger partial charge in [-0.25, -0.2) is 4.39 Å². The summed E-state index contributed by atoms with van der Waals surface area (Å²) in [5, 5.41) is 3.42. The van der Waals surface area contributed by atoms with Gasteiger partial charge in [0.1, 0.15) is 5.82 Å². The molecular formula is C13H19BrFN. The van der Waals surface area contributed by atoms with E-state index in [1.54, 1.807) is 12.1 Å². The average molecular weight is 288 g/mol. The summed E-state index contributed by atoms with van der Waals surface area (Å²) < 4.78 is 14.0. The second kappa shape index (κ2) is 6.36. The van der Waals surface area contributed by atoms with Crippen molar-refractivity contribution < 1.29 is 4.39 Å². The first-order valence-electron chi connectivity index (χ1n) is 5.72. The maximum atomic E-state index is 13.0. The molecule has 0 spiro atoms. The zero-order valence-corrected chi connectivity index (χ0v) is 11.6. The first-order chi connectivity index (χ1) is 7.54. The van der Waals surface area contributed by atoms with Crippen molar-refractivity contribution in [2.75, 3.05) is 0 Å². The molecule has 0 fully saturated rings. The maximum absolute atomic E-state index is 13.0. The number of nitrogens with one attached hydrogen (secondary N) is 1. The zero-order chi connectivity index (χ0) is 12.1. The number of hydrogen-bond donors (Lipinski definition) is 1. The van der Waals surface area contributed by atoms with Gasteiger partial charge >= 0.3 is 0 Å². The predicted molar refractivity (Wildman–Crippen MR) is 69.9 cm³/mol. The van der Waals surface area contributed by atoms with Crippen molar-refractivity contribution in [3.05, 3.63) is 34.1 Å². The quantitative estimate of drug-likeness (QED) is 0.859. The van der Waals surface area contributed by atoms with Crippen molar-refractivity contribution in [3.63, 3.8) is 0 Å². The molecule has 0 aromatic heterocycles. The highest BCUT2D eigenvalue weighted by molar-refractivity contribution is 9.10. The lowest BCUT2D eigenvalue weighted by atomic mass is 10.0. The average Bonchev–Trinajstić information content (AvgIpc) is 2.28. The Morgan fingerprint density at radius 1 is 1.38 bits per heavy atom. The fraction of sp³-hybridized carbons (Fsp3) is 0.538. The van der Waals surface area contributed by atoms with Gasteiger partial charge in [-0.05, 0) is 36.6 Å². The molecule has 1 N–H and O–H groups in total. The van der Waals surface area contributed by atoms with Crippen LogP contribution in [0.3, 0.4) is 0 Å². The molecule has 0 aliphatic heterocycles. The Morgan fingerprint density at radius 2 is 2.06 bits per heavy atom. The number of benzene rings is 1. The molecule has 2 unspecified atom stereocenters. The van der Waals surface area contributed by atoms with E-state index in [0.29, 0.717) is 18.5 Å². The summed E-state index contributed by atoms with van der Waals surface area (Å²) in [6, 6.07) is 5.23. The third kappa shape index (κ3) is 3.87. The Kier molecular flexibility index (Phi) is 5.42. The summed E-state index contributed by atoms with van der Waals surface area (Å²) in [5.74, 6) is 0.448. The molecule has 2 atom stereocenters. The topological polar surface area (TPSA) is 12.0 Å². The highest BCUT2D eigenvalue weighted by Gasteiger charge is 2.10. The first-order valence-corrected chi connectivity index (χ1v) is 6.51. The van der Waals surface area contributed by atoms with E-state index < -0.39 is 0 Å². The molecule has 0 aliphatic carbocycles.